The highest BCUT2D eigenvalue weighted by atomic mass is 32.2. The van der Waals surface area contributed by atoms with E-state index in [1.54, 1.807) is 16.7 Å². The van der Waals surface area contributed by atoms with Gasteiger partial charge < -0.3 is 9.64 Å². The van der Waals surface area contributed by atoms with Crippen LogP contribution < -0.4 is 9.64 Å². The number of hydrogen-bond acceptors (Lipinski definition) is 7. The van der Waals surface area contributed by atoms with Crippen LogP contribution in [0.2, 0.25) is 0 Å². The second kappa shape index (κ2) is 9.71. The fraction of sp³-hybridized carbons (Fsp3) is 0.250. The Morgan fingerprint density at radius 3 is 2.62 bits per heavy atom. The second-order valence-electron chi connectivity index (χ2n) is 6.06. The maximum Gasteiger partial charge on any atom is 0.240 e. The molecule has 0 aliphatic carbocycles. The summed E-state index contributed by atoms with van der Waals surface area (Å²) in [4.78, 5) is 14.7. The van der Waals surface area contributed by atoms with Crippen molar-refractivity contribution in [2.45, 2.75) is 23.8 Å². The molecule has 8 nitrogen and oxygen atoms in total. The summed E-state index contributed by atoms with van der Waals surface area (Å²) in [7, 11) is 1.60. The molecule has 3 rings (SSSR count). The molecule has 0 fully saturated rings. The van der Waals surface area contributed by atoms with Gasteiger partial charge in [0.05, 0.1) is 30.5 Å². The number of hydrogen-bond donors (Lipinski definition) is 0. The smallest absolute Gasteiger partial charge is 0.240 e. The Balaban J connectivity index is 1.78. The van der Waals surface area contributed by atoms with Crippen molar-refractivity contribution < 1.29 is 9.53 Å². The minimum Gasteiger partial charge on any atom is -0.497 e. The van der Waals surface area contributed by atoms with Gasteiger partial charge in [0, 0.05) is 12.2 Å². The number of nitrogens with zero attached hydrogens (tertiary/aromatic N) is 6. The first-order valence-electron chi connectivity index (χ1n) is 8.97. The lowest BCUT2D eigenvalue weighted by Gasteiger charge is -2.24. The molecule has 148 valence electrons. The van der Waals surface area contributed by atoms with Gasteiger partial charge in [0.15, 0.2) is 0 Å². The number of tetrazole rings is 1. The van der Waals surface area contributed by atoms with Gasteiger partial charge in [-0.15, -0.1) is 5.10 Å². The molecular weight excluding hydrogens is 388 g/mol. The molecule has 1 amide bonds. The highest BCUT2D eigenvalue weighted by Crippen LogP contribution is 2.26. The Morgan fingerprint density at radius 1 is 1.24 bits per heavy atom. The zero-order chi connectivity index (χ0) is 20.6. The van der Waals surface area contributed by atoms with E-state index in [1.807, 2.05) is 61.5 Å². The molecule has 0 unspecified atom stereocenters. The minimum absolute atomic E-state index is 0.110. The third kappa shape index (κ3) is 4.92. The maximum atomic E-state index is 13.1. The summed E-state index contributed by atoms with van der Waals surface area (Å²) in [5.74, 6) is 0.622. The average molecular weight is 408 g/mol. The van der Waals surface area contributed by atoms with Crippen LogP contribution in [0.3, 0.4) is 0 Å². The molecule has 0 aliphatic rings. The lowest BCUT2D eigenvalue weighted by atomic mass is 10.2. The number of ether oxygens (including phenoxy) is 1. The Bertz CT molecular complexity index is 984. The monoisotopic (exact) mass is 408 g/mol. The number of carbonyl (C=O) groups excluding carboxylic acids is 1. The van der Waals surface area contributed by atoms with Crippen molar-refractivity contribution in [3.63, 3.8) is 0 Å². The number of thioether (sulfide) groups is 1. The number of aromatic nitrogens is 4. The normalized spacial score (nSPS) is 11.5. The summed E-state index contributed by atoms with van der Waals surface area (Å²) in [6.07, 6.45) is 0.252. The van der Waals surface area contributed by atoms with Gasteiger partial charge in [-0.3, -0.25) is 4.79 Å². The van der Waals surface area contributed by atoms with Crippen molar-refractivity contribution in [3.05, 3.63) is 54.6 Å². The van der Waals surface area contributed by atoms with E-state index in [0.29, 0.717) is 11.7 Å². The first-order valence-corrected chi connectivity index (χ1v) is 9.85. The predicted molar refractivity (Wildman–Crippen MR) is 110 cm³/mol. The van der Waals surface area contributed by atoms with Gasteiger partial charge >= 0.3 is 0 Å². The summed E-state index contributed by atoms with van der Waals surface area (Å²) in [5, 5.41) is 20.9. The first kappa shape index (κ1) is 20.4. The van der Waals surface area contributed by atoms with E-state index in [9.17, 15) is 4.79 Å². The van der Waals surface area contributed by atoms with Gasteiger partial charge in [-0.05, 0) is 53.7 Å². The van der Waals surface area contributed by atoms with Crippen LogP contribution in [0, 0.1) is 11.3 Å². The number of carbonyl (C=O) groups is 1. The third-order valence-electron chi connectivity index (χ3n) is 4.17. The fourth-order valence-electron chi connectivity index (χ4n) is 2.70. The van der Waals surface area contributed by atoms with Crippen LogP contribution in [0.4, 0.5) is 5.69 Å². The van der Waals surface area contributed by atoms with Crippen molar-refractivity contribution in [3.8, 4) is 17.5 Å². The number of amides is 1. The van der Waals surface area contributed by atoms with E-state index in [0.717, 1.165) is 17.1 Å². The number of anilines is 1. The van der Waals surface area contributed by atoms with Crippen molar-refractivity contribution in [1.82, 2.24) is 20.2 Å². The zero-order valence-electron chi connectivity index (χ0n) is 16.1. The SMILES string of the molecule is COc1ccc(-n2nnnc2S[C@H](C)C(=O)N(CCC#N)c2ccccc2)cc1. The van der Waals surface area contributed by atoms with E-state index in [1.165, 1.54) is 11.8 Å². The van der Waals surface area contributed by atoms with E-state index in [-0.39, 0.29) is 12.3 Å². The fourth-order valence-corrected chi connectivity index (χ4v) is 3.57. The van der Waals surface area contributed by atoms with Crippen LogP contribution in [0.5, 0.6) is 5.75 Å². The third-order valence-corrected chi connectivity index (χ3v) is 5.19. The minimum atomic E-state index is -0.447. The lowest BCUT2D eigenvalue weighted by molar-refractivity contribution is -0.117. The average Bonchev–Trinajstić information content (AvgIpc) is 3.22. The van der Waals surface area contributed by atoms with Crippen molar-refractivity contribution in [1.29, 1.82) is 5.26 Å². The molecule has 3 aromatic rings. The quantitative estimate of drug-likeness (QED) is 0.528. The van der Waals surface area contributed by atoms with E-state index >= 15 is 0 Å². The Morgan fingerprint density at radius 2 is 1.97 bits per heavy atom. The summed E-state index contributed by atoms with van der Waals surface area (Å²) < 4.78 is 6.75. The summed E-state index contributed by atoms with van der Waals surface area (Å²) in [6, 6.07) is 18.7. The van der Waals surface area contributed by atoms with Gasteiger partial charge in [0.1, 0.15) is 5.75 Å². The van der Waals surface area contributed by atoms with Gasteiger partial charge in [0.2, 0.25) is 11.1 Å². The molecule has 1 heterocycles. The molecule has 0 N–H and O–H groups in total. The van der Waals surface area contributed by atoms with Gasteiger partial charge in [0.25, 0.3) is 0 Å². The molecule has 0 saturated heterocycles. The standard InChI is InChI=1S/C20H20N6O2S/c1-15(19(27)25(14-6-13-21)16-7-4-3-5-8-16)29-20-22-23-24-26(20)17-9-11-18(28-2)12-10-17/h3-5,7-12,15H,6,14H2,1-2H3/t15-/m1/s1. The topological polar surface area (TPSA) is 96.9 Å². The van der Waals surface area contributed by atoms with Gasteiger partial charge in [-0.25, -0.2) is 0 Å². The zero-order valence-corrected chi connectivity index (χ0v) is 16.9. The van der Waals surface area contributed by atoms with Crippen LogP contribution in [0.1, 0.15) is 13.3 Å². The molecule has 2 aromatic carbocycles. The Hall–Kier alpha value is -3.38. The Labute approximate surface area is 173 Å². The highest BCUT2D eigenvalue weighted by molar-refractivity contribution is 8.00. The molecule has 0 radical (unpaired) electrons. The highest BCUT2D eigenvalue weighted by Gasteiger charge is 2.25. The van der Waals surface area contributed by atoms with E-state index in [2.05, 4.69) is 21.6 Å². The molecular formula is C20H20N6O2S. The number of rotatable bonds is 8. The van der Waals surface area contributed by atoms with Crippen molar-refractivity contribution in [2.24, 2.45) is 0 Å². The maximum absolute atomic E-state index is 13.1. The number of benzene rings is 2. The number of nitriles is 1. The summed E-state index contributed by atoms with van der Waals surface area (Å²) in [5.41, 5.74) is 1.53. The predicted octanol–water partition coefficient (Wildman–Crippen LogP) is 3.10. The van der Waals surface area contributed by atoms with Crippen LogP contribution in [-0.2, 0) is 4.79 Å². The van der Waals surface area contributed by atoms with E-state index in [4.69, 9.17) is 10.00 Å². The number of para-hydroxylation sites is 1. The van der Waals surface area contributed by atoms with Crippen molar-refractivity contribution in [2.75, 3.05) is 18.6 Å². The molecule has 1 aromatic heterocycles. The molecule has 0 saturated carbocycles. The summed E-state index contributed by atoms with van der Waals surface area (Å²) in [6.45, 7) is 2.13. The molecule has 29 heavy (non-hydrogen) atoms. The largest absolute Gasteiger partial charge is 0.497 e. The first-order chi connectivity index (χ1) is 14.1. The molecule has 0 aliphatic heterocycles. The molecule has 1 atom stereocenters. The van der Waals surface area contributed by atoms with E-state index < -0.39 is 5.25 Å². The van der Waals surface area contributed by atoms with Gasteiger partial charge in [-0.2, -0.15) is 9.94 Å². The van der Waals surface area contributed by atoms with Crippen LogP contribution in [0.25, 0.3) is 5.69 Å². The van der Waals surface area contributed by atoms with Gasteiger partial charge in [-0.1, -0.05) is 30.0 Å². The van der Waals surface area contributed by atoms with Crippen LogP contribution >= 0.6 is 11.8 Å². The Kier molecular flexibility index (Phi) is 6.81. The summed E-state index contributed by atoms with van der Waals surface area (Å²) >= 11 is 1.27. The lowest BCUT2D eigenvalue weighted by Crippen LogP contribution is -2.37. The van der Waals surface area contributed by atoms with Crippen LogP contribution in [0.15, 0.2) is 59.8 Å². The molecule has 0 bridgehead atoms. The van der Waals surface area contributed by atoms with Crippen molar-refractivity contribution >= 4 is 23.4 Å². The second-order valence-corrected chi connectivity index (χ2v) is 7.37. The molecule has 0 spiro atoms. The number of methoxy groups -OCH3 is 1. The van der Waals surface area contributed by atoms with Crippen LogP contribution in [-0.4, -0.2) is 45.0 Å². The molecule has 9 heteroatoms.